The fraction of sp³-hybridized carbons (Fsp3) is 0.400. The number of aryl methyl sites for hydroxylation is 1. The van der Waals surface area contributed by atoms with Crippen molar-refractivity contribution in [2.24, 2.45) is 0 Å². The lowest BCUT2D eigenvalue weighted by Gasteiger charge is -2.26. The Morgan fingerprint density at radius 3 is 2.62 bits per heavy atom. The largest absolute Gasteiger partial charge is 0.478 e. The molecule has 21 heavy (non-hydrogen) atoms. The zero-order valence-electron chi connectivity index (χ0n) is 12.4. The normalized spacial score (nSPS) is 10.0. The number of nitrogens with one attached hydrogen (secondary N) is 1. The second-order valence-corrected chi connectivity index (χ2v) is 4.98. The second-order valence-electron chi connectivity index (χ2n) is 4.98. The summed E-state index contributed by atoms with van der Waals surface area (Å²) in [6, 6.07) is 6.31. The molecule has 0 fully saturated rings. The highest BCUT2D eigenvalue weighted by Crippen LogP contribution is 2.18. The van der Waals surface area contributed by atoms with Crippen molar-refractivity contribution in [1.29, 1.82) is 5.26 Å². The van der Waals surface area contributed by atoms with Gasteiger partial charge in [-0.2, -0.15) is 5.26 Å². The van der Waals surface area contributed by atoms with E-state index in [2.05, 4.69) is 5.32 Å². The third-order valence-corrected chi connectivity index (χ3v) is 3.00. The number of carbonyl (C=O) groups is 2. The van der Waals surface area contributed by atoms with E-state index in [1.807, 2.05) is 19.9 Å². The molecule has 1 rings (SSSR count). The predicted molar refractivity (Wildman–Crippen MR) is 79.2 cm³/mol. The summed E-state index contributed by atoms with van der Waals surface area (Å²) in [6.07, 6.45) is 0.227. The molecular formula is C15H19N3O3. The number of nitriles is 1. The number of amides is 2. The van der Waals surface area contributed by atoms with Crippen LogP contribution in [0.2, 0.25) is 0 Å². The van der Waals surface area contributed by atoms with Crippen molar-refractivity contribution in [2.75, 3.05) is 11.9 Å². The first-order valence-electron chi connectivity index (χ1n) is 6.65. The summed E-state index contributed by atoms with van der Waals surface area (Å²) >= 11 is 0. The molecule has 2 amide bonds. The fourth-order valence-corrected chi connectivity index (χ4v) is 1.90. The minimum Gasteiger partial charge on any atom is -0.478 e. The van der Waals surface area contributed by atoms with Crippen molar-refractivity contribution in [3.05, 3.63) is 29.3 Å². The van der Waals surface area contributed by atoms with Crippen molar-refractivity contribution in [3.8, 4) is 6.07 Å². The number of nitrogens with zero attached hydrogens (tertiary/aromatic N) is 2. The van der Waals surface area contributed by atoms with E-state index in [9.17, 15) is 14.7 Å². The molecule has 0 aromatic heterocycles. The van der Waals surface area contributed by atoms with Crippen LogP contribution in [0.1, 0.15) is 36.2 Å². The number of carbonyl (C=O) groups excluding carboxylic acids is 1. The number of rotatable bonds is 5. The first kappa shape index (κ1) is 16.5. The summed E-state index contributed by atoms with van der Waals surface area (Å²) < 4.78 is 0. The Balaban J connectivity index is 2.96. The van der Waals surface area contributed by atoms with Crippen LogP contribution in [0.5, 0.6) is 0 Å². The van der Waals surface area contributed by atoms with Gasteiger partial charge in [0, 0.05) is 12.6 Å². The zero-order chi connectivity index (χ0) is 16.0. The lowest BCUT2D eigenvalue weighted by Crippen LogP contribution is -2.40. The summed E-state index contributed by atoms with van der Waals surface area (Å²) in [5.41, 5.74) is 1.10. The van der Waals surface area contributed by atoms with Gasteiger partial charge in [-0.3, -0.25) is 0 Å². The van der Waals surface area contributed by atoms with E-state index < -0.39 is 12.0 Å². The summed E-state index contributed by atoms with van der Waals surface area (Å²) in [7, 11) is 0. The molecule has 0 heterocycles. The number of carboxylic acids is 1. The molecule has 6 nitrogen and oxygen atoms in total. The summed E-state index contributed by atoms with van der Waals surface area (Å²) in [5.74, 6) is -1.10. The Bertz CT molecular complexity index is 576. The first-order valence-corrected chi connectivity index (χ1v) is 6.65. The number of carboxylic acid groups (broad SMARTS) is 1. The number of anilines is 1. The molecule has 0 atom stereocenters. The quantitative estimate of drug-likeness (QED) is 0.871. The van der Waals surface area contributed by atoms with Crippen LogP contribution in [0.25, 0.3) is 0 Å². The molecule has 2 N–H and O–H groups in total. The second kappa shape index (κ2) is 7.29. The minimum absolute atomic E-state index is 0.0485. The molecule has 0 aliphatic rings. The smallest absolute Gasteiger partial charge is 0.337 e. The molecule has 0 spiro atoms. The van der Waals surface area contributed by atoms with Crippen LogP contribution in [0.4, 0.5) is 10.5 Å². The van der Waals surface area contributed by atoms with Gasteiger partial charge in [0.2, 0.25) is 0 Å². The van der Waals surface area contributed by atoms with Crippen LogP contribution in [-0.4, -0.2) is 34.6 Å². The average Bonchev–Trinajstić information content (AvgIpc) is 2.40. The van der Waals surface area contributed by atoms with Crippen molar-refractivity contribution in [1.82, 2.24) is 4.90 Å². The standard InChI is InChI=1S/C15H19N3O3/c1-10(2)18(8-4-7-16)15(21)17-13-6-5-11(3)9-12(13)14(19)20/h5-6,9-10H,4,8H2,1-3H3,(H,17,21)(H,19,20). The highest BCUT2D eigenvalue weighted by Gasteiger charge is 2.19. The predicted octanol–water partition coefficient (Wildman–Crippen LogP) is 2.85. The number of hydrogen-bond acceptors (Lipinski definition) is 3. The van der Waals surface area contributed by atoms with Gasteiger partial charge in [-0.05, 0) is 32.9 Å². The highest BCUT2D eigenvalue weighted by atomic mass is 16.4. The number of urea groups is 1. The van der Waals surface area contributed by atoms with Crippen LogP contribution in [0.3, 0.4) is 0 Å². The van der Waals surface area contributed by atoms with E-state index in [0.717, 1.165) is 5.56 Å². The van der Waals surface area contributed by atoms with E-state index in [1.165, 1.54) is 11.0 Å². The van der Waals surface area contributed by atoms with Gasteiger partial charge in [0.05, 0.1) is 23.7 Å². The van der Waals surface area contributed by atoms with Crippen LogP contribution in [0, 0.1) is 18.3 Å². The first-order chi connectivity index (χ1) is 9.86. The van der Waals surface area contributed by atoms with Crippen molar-refractivity contribution in [2.45, 2.75) is 33.2 Å². The van der Waals surface area contributed by atoms with Gasteiger partial charge < -0.3 is 15.3 Å². The number of benzene rings is 1. The molecule has 0 aliphatic heterocycles. The molecule has 0 saturated carbocycles. The molecule has 112 valence electrons. The SMILES string of the molecule is Cc1ccc(NC(=O)N(CCC#N)C(C)C)c(C(=O)O)c1. The molecule has 0 radical (unpaired) electrons. The van der Waals surface area contributed by atoms with Crippen LogP contribution < -0.4 is 5.32 Å². The lowest BCUT2D eigenvalue weighted by molar-refractivity contribution is 0.0698. The maximum atomic E-state index is 12.2. The van der Waals surface area contributed by atoms with Gasteiger partial charge in [-0.15, -0.1) is 0 Å². The lowest BCUT2D eigenvalue weighted by atomic mass is 10.1. The zero-order valence-corrected chi connectivity index (χ0v) is 12.4. The summed E-state index contributed by atoms with van der Waals surface area (Å²) in [6.45, 7) is 5.76. The molecule has 6 heteroatoms. The Hall–Kier alpha value is -2.55. The summed E-state index contributed by atoms with van der Waals surface area (Å²) in [4.78, 5) is 25.0. The van der Waals surface area contributed by atoms with E-state index in [4.69, 9.17) is 5.26 Å². The molecule has 0 aliphatic carbocycles. The number of aromatic carboxylic acids is 1. The Labute approximate surface area is 124 Å². The molecule has 0 bridgehead atoms. The van der Waals surface area contributed by atoms with Gasteiger partial charge in [-0.1, -0.05) is 11.6 Å². The van der Waals surface area contributed by atoms with Crippen molar-refractivity contribution >= 4 is 17.7 Å². The van der Waals surface area contributed by atoms with Crippen molar-refractivity contribution < 1.29 is 14.7 Å². The summed E-state index contributed by atoms with van der Waals surface area (Å²) in [5, 5.41) is 20.4. The third kappa shape index (κ3) is 4.49. The van der Waals surface area contributed by atoms with E-state index in [-0.39, 0.29) is 23.7 Å². The third-order valence-electron chi connectivity index (χ3n) is 3.00. The maximum absolute atomic E-state index is 12.2. The highest BCUT2D eigenvalue weighted by molar-refractivity contribution is 6.00. The van der Waals surface area contributed by atoms with Gasteiger partial charge in [0.25, 0.3) is 0 Å². The van der Waals surface area contributed by atoms with Crippen LogP contribution in [0.15, 0.2) is 18.2 Å². The van der Waals surface area contributed by atoms with Gasteiger partial charge in [-0.25, -0.2) is 9.59 Å². The van der Waals surface area contributed by atoms with Gasteiger partial charge in [0.15, 0.2) is 0 Å². The molecule has 1 aromatic carbocycles. The van der Waals surface area contributed by atoms with Crippen LogP contribution >= 0.6 is 0 Å². The van der Waals surface area contributed by atoms with Crippen molar-refractivity contribution in [3.63, 3.8) is 0 Å². The van der Waals surface area contributed by atoms with Gasteiger partial charge in [0.1, 0.15) is 0 Å². The van der Waals surface area contributed by atoms with Gasteiger partial charge >= 0.3 is 12.0 Å². The molecule has 0 unspecified atom stereocenters. The number of hydrogen-bond donors (Lipinski definition) is 2. The van der Waals surface area contributed by atoms with Crippen LogP contribution in [-0.2, 0) is 0 Å². The Kier molecular flexibility index (Phi) is 5.73. The monoisotopic (exact) mass is 289 g/mol. The Morgan fingerprint density at radius 1 is 1.43 bits per heavy atom. The molecular weight excluding hydrogens is 270 g/mol. The van der Waals surface area contributed by atoms with E-state index in [1.54, 1.807) is 19.1 Å². The topological polar surface area (TPSA) is 93.4 Å². The van der Waals surface area contributed by atoms with E-state index >= 15 is 0 Å². The maximum Gasteiger partial charge on any atom is 0.337 e. The van der Waals surface area contributed by atoms with E-state index in [0.29, 0.717) is 6.54 Å². The molecule has 1 aromatic rings. The Morgan fingerprint density at radius 2 is 2.10 bits per heavy atom. The fourth-order valence-electron chi connectivity index (χ4n) is 1.90. The average molecular weight is 289 g/mol. The molecule has 0 saturated heterocycles. The minimum atomic E-state index is -1.10.